The maximum Gasteiger partial charge on any atom is 0.0923 e. The molecule has 0 aromatic carbocycles. The van der Waals surface area contributed by atoms with Gasteiger partial charge in [-0.15, -0.1) is 10.2 Å². The van der Waals surface area contributed by atoms with E-state index in [-0.39, 0.29) is 21.0 Å². The van der Waals surface area contributed by atoms with Gasteiger partial charge in [0.05, 0.1) is 42.3 Å². The van der Waals surface area contributed by atoms with Gasteiger partial charge in [-0.3, -0.25) is 0 Å². The fourth-order valence-corrected chi connectivity index (χ4v) is 1.32. The number of quaternary nitrogens is 2. The first kappa shape index (κ1) is 16.9. The zero-order valence-corrected chi connectivity index (χ0v) is 12.4. The molecular weight excluding hydrogens is 232 g/mol. The third-order valence-electron chi connectivity index (χ3n) is 1.85. The van der Waals surface area contributed by atoms with Gasteiger partial charge >= 0.3 is 0 Å². The van der Waals surface area contributed by atoms with Crippen LogP contribution in [0.3, 0.4) is 0 Å². The first-order valence-corrected chi connectivity index (χ1v) is 6.15. The monoisotopic (exact) mass is 258 g/mol. The summed E-state index contributed by atoms with van der Waals surface area (Å²) in [5.41, 5.74) is 0. The summed E-state index contributed by atoms with van der Waals surface area (Å²) < 4.78 is 0.573. The number of unbranched alkanes of at least 4 members (excludes halogenated alkanes) is 1. The summed E-state index contributed by atoms with van der Waals surface area (Å²) in [6.07, 6.45) is 2.15. The lowest BCUT2D eigenvalue weighted by molar-refractivity contribution is -0.878. The zero-order valence-electron chi connectivity index (χ0n) is 12.4. The van der Waals surface area contributed by atoms with E-state index in [9.17, 15) is 10.2 Å². The SMILES string of the molecule is C[N+](C)(C)N=C([O-])CCCCC([O-])=N[N+](C)(C)C. The Labute approximate surface area is 110 Å². The largest absolute Gasteiger partial charge is 0.858 e. The minimum atomic E-state index is -0.113. The highest BCUT2D eigenvalue weighted by Crippen LogP contribution is 2.03. The summed E-state index contributed by atoms with van der Waals surface area (Å²) in [4.78, 5) is 0. The van der Waals surface area contributed by atoms with Crippen molar-refractivity contribution in [2.75, 3.05) is 42.3 Å². The molecule has 0 aliphatic carbocycles. The van der Waals surface area contributed by atoms with Crippen LogP contribution in [-0.4, -0.2) is 63.3 Å². The Morgan fingerprint density at radius 2 is 1.00 bits per heavy atom. The number of nitrogens with zero attached hydrogens (tertiary/aromatic N) is 4. The molecule has 0 aromatic heterocycles. The van der Waals surface area contributed by atoms with Gasteiger partial charge in [0.2, 0.25) is 0 Å². The Morgan fingerprint density at radius 3 is 1.22 bits per heavy atom. The molecule has 0 radical (unpaired) electrons. The third kappa shape index (κ3) is 11.3. The number of rotatable bonds is 7. The Kier molecular flexibility index (Phi) is 6.28. The van der Waals surface area contributed by atoms with Crippen LogP contribution >= 0.6 is 0 Å². The molecular formula is C12H26N4O2. The van der Waals surface area contributed by atoms with E-state index in [0.29, 0.717) is 25.7 Å². The predicted molar refractivity (Wildman–Crippen MR) is 69.4 cm³/mol. The van der Waals surface area contributed by atoms with Gasteiger partial charge in [-0.05, 0) is 25.7 Å². The highest BCUT2D eigenvalue weighted by molar-refractivity contribution is 5.71. The second kappa shape index (κ2) is 6.70. The fourth-order valence-electron chi connectivity index (χ4n) is 1.32. The summed E-state index contributed by atoms with van der Waals surface area (Å²) in [6, 6.07) is 0. The van der Waals surface area contributed by atoms with Gasteiger partial charge in [0, 0.05) is 11.8 Å². The molecule has 6 nitrogen and oxygen atoms in total. The summed E-state index contributed by atoms with van der Waals surface area (Å²) >= 11 is 0. The Hall–Kier alpha value is -1.14. The molecule has 6 heteroatoms. The second-order valence-corrected chi connectivity index (χ2v) is 6.08. The van der Waals surface area contributed by atoms with Crippen LogP contribution in [0.1, 0.15) is 25.7 Å². The second-order valence-electron chi connectivity index (χ2n) is 6.08. The van der Waals surface area contributed by atoms with Crippen molar-refractivity contribution in [3.8, 4) is 0 Å². The lowest BCUT2D eigenvalue weighted by Crippen LogP contribution is -2.33. The third-order valence-corrected chi connectivity index (χ3v) is 1.85. The van der Waals surface area contributed by atoms with Crippen molar-refractivity contribution in [1.82, 2.24) is 0 Å². The molecule has 0 atom stereocenters. The molecule has 106 valence electrons. The predicted octanol–water partition coefficient (Wildman–Crippen LogP) is -0.693. The lowest BCUT2D eigenvalue weighted by atomic mass is 10.2. The van der Waals surface area contributed by atoms with E-state index in [1.165, 1.54) is 0 Å². The number of hydrogen-bond acceptors (Lipinski definition) is 4. The first-order valence-electron chi connectivity index (χ1n) is 6.15. The quantitative estimate of drug-likeness (QED) is 0.199. The molecule has 0 saturated heterocycles. The van der Waals surface area contributed by atoms with E-state index in [0.717, 1.165) is 0 Å². The molecule has 0 heterocycles. The van der Waals surface area contributed by atoms with Gasteiger partial charge in [0.15, 0.2) is 0 Å². The average Bonchev–Trinajstić information content (AvgIpc) is 2.06. The fraction of sp³-hybridized carbons (Fsp3) is 0.833. The molecule has 0 aliphatic heterocycles. The average molecular weight is 258 g/mol. The van der Waals surface area contributed by atoms with Crippen LogP contribution in [0.5, 0.6) is 0 Å². The maximum absolute atomic E-state index is 11.4. The maximum atomic E-state index is 11.4. The molecule has 0 bridgehead atoms. The van der Waals surface area contributed by atoms with E-state index >= 15 is 0 Å². The molecule has 0 spiro atoms. The van der Waals surface area contributed by atoms with Crippen LogP contribution in [0.2, 0.25) is 0 Å². The molecule has 18 heavy (non-hydrogen) atoms. The molecule has 0 aromatic rings. The van der Waals surface area contributed by atoms with Crippen LogP contribution in [0.15, 0.2) is 10.2 Å². The summed E-state index contributed by atoms with van der Waals surface area (Å²) in [5, 5.41) is 30.8. The van der Waals surface area contributed by atoms with Crippen molar-refractivity contribution in [3.05, 3.63) is 0 Å². The molecule has 0 N–H and O–H groups in total. The summed E-state index contributed by atoms with van der Waals surface area (Å²) in [7, 11) is 11.0. The first-order chi connectivity index (χ1) is 7.99. The topological polar surface area (TPSA) is 70.8 Å². The van der Waals surface area contributed by atoms with Crippen molar-refractivity contribution in [2.24, 2.45) is 10.2 Å². The highest BCUT2D eigenvalue weighted by Gasteiger charge is 2.04. The zero-order chi connectivity index (χ0) is 14.4. The molecule has 0 rings (SSSR count). The number of hydrogen-bond donors (Lipinski definition) is 0. The van der Waals surface area contributed by atoms with Crippen LogP contribution in [0.25, 0.3) is 0 Å². The summed E-state index contributed by atoms with van der Waals surface area (Å²) in [6.45, 7) is 0. The molecule has 0 saturated carbocycles. The molecule has 0 fully saturated rings. The van der Waals surface area contributed by atoms with Crippen LogP contribution in [0, 0.1) is 0 Å². The highest BCUT2D eigenvalue weighted by atomic mass is 16.3. The van der Waals surface area contributed by atoms with Crippen LogP contribution in [0.4, 0.5) is 0 Å². The van der Waals surface area contributed by atoms with Gasteiger partial charge < -0.3 is 10.2 Å². The van der Waals surface area contributed by atoms with E-state index in [4.69, 9.17) is 0 Å². The van der Waals surface area contributed by atoms with E-state index in [1.54, 1.807) is 0 Å². The summed E-state index contributed by atoms with van der Waals surface area (Å²) in [5.74, 6) is -0.225. The van der Waals surface area contributed by atoms with Gasteiger partial charge in [-0.2, -0.15) is 0 Å². The van der Waals surface area contributed by atoms with Gasteiger partial charge in [-0.25, -0.2) is 9.18 Å². The molecule has 0 aliphatic rings. The molecule has 0 amide bonds. The minimum absolute atomic E-state index is 0.113. The normalized spacial score (nSPS) is 15.0. The van der Waals surface area contributed by atoms with Crippen molar-refractivity contribution < 1.29 is 19.4 Å². The van der Waals surface area contributed by atoms with Crippen LogP contribution in [-0.2, 0) is 0 Å². The van der Waals surface area contributed by atoms with Crippen molar-refractivity contribution in [1.29, 1.82) is 0 Å². The van der Waals surface area contributed by atoms with E-state index < -0.39 is 0 Å². The standard InChI is InChI=1S/C12H26N4O2/c1-15(2,3)13-11(17)9-7-8-10-12(18)14-16(4,5)6/h7-10H2,1-6H3. The molecule has 0 unspecified atom stereocenters. The minimum Gasteiger partial charge on any atom is -0.858 e. The van der Waals surface area contributed by atoms with Gasteiger partial charge in [0.1, 0.15) is 0 Å². The Bertz CT molecular complexity index is 279. The smallest absolute Gasteiger partial charge is 0.0923 e. The van der Waals surface area contributed by atoms with Crippen molar-refractivity contribution >= 4 is 11.8 Å². The lowest BCUT2D eigenvalue weighted by Gasteiger charge is -2.21. The van der Waals surface area contributed by atoms with Gasteiger partial charge in [-0.1, -0.05) is 0 Å². The Morgan fingerprint density at radius 1 is 0.722 bits per heavy atom. The van der Waals surface area contributed by atoms with Crippen molar-refractivity contribution in [2.45, 2.75) is 25.7 Å². The van der Waals surface area contributed by atoms with E-state index in [1.807, 2.05) is 42.3 Å². The van der Waals surface area contributed by atoms with Crippen molar-refractivity contribution in [3.63, 3.8) is 0 Å². The van der Waals surface area contributed by atoms with E-state index in [2.05, 4.69) is 10.2 Å². The Balaban J connectivity index is 3.95. The van der Waals surface area contributed by atoms with Gasteiger partial charge in [0.25, 0.3) is 0 Å². The van der Waals surface area contributed by atoms with Crippen LogP contribution < -0.4 is 10.2 Å².